The van der Waals surface area contributed by atoms with Gasteiger partial charge in [0.05, 0.1) is 0 Å². The fourth-order valence-corrected chi connectivity index (χ4v) is 8.26. The second kappa shape index (κ2) is 15.6. The van der Waals surface area contributed by atoms with E-state index in [1.165, 1.54) is 0 Å². The maximum Gasteiger partial charge on any atom is 0.227 e. The number of anilines is 3. The van der Waals surface area contributed by atoms with Crippen molar-refractivity contribution in [2.45, 2.75) is 0 Å². The molecule has 3 heterocycles. The molecule has 3 aromatic heterocycles. The van der Waals surface area contributed by atoms with Crippen molar-refractivity contribution >= 4 is 50.4 Å². The highest BCUT2D eigenvalue weighted by Gasteiger charge is 2.16. The number of aromatic nitrogens is 3. The number of hydrogen-bond donors (Lipinski definition) is 0. The standard InChI is InChI=1S/C57H36N4O3/c1-4-10-52-49(7-1)58-55(62-52)43-19-13-37(14-20-43)40-25-31-46(32-26-40)61(47-33-27-41(28-34-47)38-15-21-44(22-16-38)56-59-50-8-2-5-11-53(50)63-56)48-35-29-42(30-36-48)39-17-23-45(24-18-39)57-60-51-9-3-6-12-54(51)64-57/h1-36H. The van der Waals surface area contributed by atoms with Crippen LogP contribution in [-0.4, -0.2) is 15.0 Å². The first-order valence-electron chi connectivity index (χ1n) is 21.1. The van der Waals surface area contributed by atoms with Crippen LogP contribution >= 0.6 is 0 Å². The molecule has 7 heteroatoms. The number of benzene rings is 9. The molecule has 0 aliphatic carbocycles. The fraction of sp³-hybridized carbons (Fsp3) is 0. The van der Waals surface area contributed by atoms with Crippen LogP contribution in [0.4, 0.5) is 17.1 Å². The van der Waals surface area contributed by atoms with E-state index in [0.29, 0.717) is 17.7 Å². The van der Waals surface area contributed by atoms with Crippen LogP contribution in [0.2, 0.25) is 0 Å². The highest BCUT2D eigenvalue weighted by Crippen LogP contribution is 2.39. The van der Waals surface area contributed by atoms with Crippen LogP contribution in [-0.2, 0) is 0 Å². The zero-order valence-corrected chi connectivity index (χ0v) is 34.3. The number of nitrogens with zero attached hydrogens (tertiary/aromatic N) is 4. The first-order valence-corrected chi connectivity index (χ1v) is 21.1. The molecule has 0 bridgehead atoms. The minimum atomic E-state index is 0.615. The van der Waals surface area contributed by atoms with Gasteiger partial charge in [0, 0.05) is 33.8 Å². The summed E-state index contributed by atoms with van der Waals surface area (Å²) >= 11 is 0. The summed E-state index contributed by atoms with van der Waals surface area (Å²) in [5, 5.41) is 0. The molecule has 0 saturated heterocycles. The van der Waals surface area contributed by atoms with Gasteiger partial charge in [-0.15, -0.1) is 0 Å². The minimum absolute atomic E-state index is 0.615. The van der Waals surface area contributed by atoms with E-state index in [1.807, 2.05) is 72.8 Å². The van der Waals surface area contributed by atoms with Gasteiger partial charge in [-0.05, 0) is 143 Å². The van der Waals surface area contributed by atoms with Gasteiger partial charge in [0.25, 0.3) is 0 Å². The second-order valence-corrected chi connectivity index (χ2v) is 15.7. The molecule has 9 aromatic carbocycles. The minimum Gasteiger partial charge on any atom is -0.436 e. The Morgan fingerprint density at radius 3 is 0.703 bits per heavy atom. The van der Waals surface area contributed by atoms with E-state index in [2.05, 4.69) is 165 Å². The van der Waals surface area contributed by atoms with Crippen LogP contribution < -0.4 is 4.90 Å². The molecule has 0 atom stereocenters. The smallest absolute Gasteiger partial charge is 0.227 e. The van der Waals surface area contributed by atoms with Crippen molar-refractivity contribution in [2.24, 2.45) is 0 Å². The summed E-state index contributed by atoms with van der Waals surface area (Å²) in [6.07, 6.45) is 0. The van der Waals surface area contributed by atoms with Crippen molar-refractivity contribution < 1.29 is 13.3 Å². The summed E-state index contributed by atoms with van der Waals surface area (Å²) in [5.41, 5.74) is 17.5. The number of fused-ring (bicyclic) bond motifs is 3. The summed E-state index contributed by atoms with van der Waals surface area (Å²) in [7, 11) is 0. The van der Waals surface area contributed by atoms with Gasteiger partial charge >= 0.3 is 0 Å². The van der Waals surface area contributed by atoms with Gasteiger partial charge in [-0.1, -0.05) is 109 Å². The van der Waals surface area contributed by atoms with Crippen molar-refractivity contribution in [3.05, 3.63) is 218 Å². The van der Waals surface area contributed by atoms with E-state index in [4.69, 9.17) is 13.3 Å². The van der Waals surface area contributed by atoms with Crippen LogP contribution in [0.1, 0.15) is 0 Å². The summed E-state index contributed by atoms with van der Waals surface area (Å²) in [6.45, 7) is 0. The molecule has 0 aliphatic rings. The van der Waals surface area contributed by atoms with E-state index in [0.717, 1.165) is 100 Å². The van der Waals surface area contributed by atoms with E-state index in [-0.39, 0.29) is 0 Å². The van der Waals surface area contributed by atoms with Gasteiger partial charge in [0.2, 0.25) is 17.7 Å². The Balaban J connectivity index is 0.837. The normalized spacial score (nSPS) is 11.4. The Bertz CT molecular complexity index is 3090. The molecule has 12 rings (SSSR count). The molecule has 12 aromatic rings. The molecule has 0 spiro atoms. The molecule has 7 nitrogen and oxygen atoms in total. The topological polar surface area (TPSA) is 81.3 Å². The van der Waals surface area contributed by atoms with Gasteiger partial charge in [0.15, 0.2) is 16.7 Å². The quantitative estimate of drug-likeness (QED) is 0.143. The van der Waals surface area contributed by atoms with Crippen molar-refractivity contribution in [1.29, 1.82) is 0 Å². The van der Waals surface area contributed by atoms with Crippen molar-refractivity contribution in [3.63, 3.8) is 0 Å². The van der Waals surface area contributed by atoms with Gasteiger partial charge in [-0.25, -0.2) is 15.0 Å². The summed E-state index contributed by atoms with van der Waals surface area (Å²) < 4.78 is 18.1. The monoisotopic (exact) mass is 824 g/mol. The molecule has 0 amide bonds. The summed E-state index contributed by atoms with van der Waals surface area (Å²) in [5.74, 6) is 1.85. The predicted molar refractivity (Wildman–Crippen MR) is 256 cm³/mol. The Kier molecular flexibility index (Phi) is 9.01. The second-order valence-electron chi connectivity index (χ2n) is 15.7. The lowest BCUT2D eigenvalue weighted by Gasteiger charge is -2.26. The third-order valence-electron chi connectivity index (χ3n) is 11.7. The van der Waals surface area contributed by atoms with Crippen molar-refractivity contribution in [3.8, 4) is 67.7 Å². The lowest BCUT2D eigenvalue weighted by Crippen LogP contribution is -2.09. The molecule has 302 valence electrons. The Morgan fingerprint density at radius 1 is 0.234 bits per heavy atom. The molecule has 0 radical (unpaired) electrons. The lowest BCUT2D eigenvalue weighted by molar-refractivity contribution is 0.619. The Hall–Kier alpha value is -8.81. The highest BCUT2D eigenvalue weighted by atomic mass is 16.4. The molecule has 0 fully saturated rings. The third-order valence-corrected chi connectivity index (χ3v) is 11.7. The summed E-state index contributed by atoms with van der Waals surface area (Å²) in [4.78, 5) is 16.3. The highest BCUT2D eigenvalue weighted by molar-refractivity contribution is 5.83. The van der Waals surface area contributed by atoms with Crippen molar-refractivity contribution in [1.82, 2.24) is 15.0 Å². The molecule has 0 aliphatic heterocycles. The SMILES string of the molecule is c1ccc2oc(-c3ccc(-c4ccc(N(c5ccc(-c6ccc(-c7nc8ccccc8o7)cc6)cc5)c5ccc(-c6ccc(-c7nc8ccccc8o7)cc6)cc5)cc4)cc3)nc2c1. The number of oxazole rings is 3. The van der Waals surface area contributed by atoms with Gasteiger partial charge in [-0.3, -0.25) is 0 Å². The van der Waals surface area contributed by atoms with E-state index in [1.54, 1.807) is 0 Å². The zero-order valence-electron chi connectivity index (χ0n) is 34.3. The van der Waals surface area contributed by atoms with Crippen LogP contribution in [0.5, 0.6) is 0 Å². The largest absolute Gasteiger partial charge is 0.436 e. The number of rotatable bonds is 9. The van der Waals surface area contributed by atoms with Gasteiger partial charge < -0.3 is 18.2 Å². The molecular weight excluding hydrogens is 789 g/mol. The van der Waals surface area contributed by atoms with E-state index < -0.39 is 0 Å². The van der Waals surface area contributed by atoms with Crippen molar-refractivity contribution in [2.75, 3.05) is 4.90 Å². The van der Waals surface area contributed by atoms with E-state index >= 15 is 0 Å². The average Bonchev–Trinajstić information content (AvgIpc) is 4.13. The zero-order chi connectivity index (χ0) is 42.4. The van der Waals surface area contributed by atoms with Crippen LogP contribution in [0, 0.1) is 0 Å². The van der Waals surface area contributed by atoms with E-state index in [9.17, 15) is 0 Å². The maximum absolute atomic E-state index is 6.02. The maximum atomic E-state index is 6.02. The van der Waals surface area contributed by atoms with Gasteiger partial charge in [0.1, 0.15) is 16.6 Å². The molecule has 64 heavy (non-hydrogen) atoms. The van der Waals surface area contributed by atoms with Crippen LogP contribution in [0.15, 0.2) is 232 Å². The predicted octanol–water partition coefficient (Wildman–Crippen LogP) is 15.6. The molecule has 0 saturated carbocycles. The summed E-state index contributed by atoms with van der Waals surface area (Å²) in [6, 6.07) is 74.8. The Morgan fingerprint density at radius 2 is 0.453 bits per heavy atom. The molecule has 0 N–H and O–H groups in total. The first-order chi connectivity index (χ1) is 31.6. The number of hydrogen-bond acceptors (Lipinski definition) is 7. The molecular formula is C57H36N4O3. The first kappa shape index (κ1) is 37.0. The van der Waals surface area contributed by atoms with Crippen LogP contribution in [0.3, 0.4) is 0 Å². The fourth-order valence-electron chi connectivity index (χ4n) is 8.26. The molecule has 0 unspecified atom stereocenters. The third kappa shape index (κ3) is 6.97. The van der Waals surface area contributed by atoms with Crippen LogP contribution in [0.25, 0.3) is 101 Å². The van der Waals surface area contributed by atoms with Gasteiger partial charge in [-0.2, -0.15) is 0 Å². The Labute approximate surface area is 368 Å². The average molecular weight is 825 g/mol. The number of para-hydroxylation sites is 6. The lowest BCUT2D eigenvalue weighted by atomic mass is 10.0.